The topological polar surface area (TPSA) is 43.1 Å². The molecule has 6 heteroatoms. The van der Waals surface area contributed by atoms with Gasteiger partial charge in [-0.25, -0.2) is 9.50 Å². The zero-order chi connectivity index (χ0) is 6.10. The number of aromatic nitrogens is 4. The molecule has 60 valence electrons. The monoisotopic (exact) mass is 192 g/mol. The zero-order valence-electron chi connectivity index (χ0n) is 5.41. The van der Waals surface area contributed by atoms with Crippen molar-refractivity contribution in [2.75, 3.05) is 0 Å². The van der Waals surface area contributed by atoms with Crippen LogP contribution in [0.4, 0.5) is 0 Å². The van der Waals surface area contributed by atoms with E-state index < -0.39 is 0 Å². The van der Waals surface area contributed by atoms with Gasteiger partial charge in [0.05, 0.1) is 6.20 Å². The van der Waals surface area contributed by atoms with Crippen LogP contribution in [0.1, 0.15) is 0 Å². The average molecular weight is 193 g/mol. The summed E-state index contributed by atoms with van der Waals surface area (Å²) in [5.74, 6) is 0. The van der Waals surface area contributed by atoms with Crippen LogP contribution in [0.5, 0.6) is 0 Å². The Kier molecular flexibility index (Phi) is 3.78. The quantitative estimate of drug-likeness (QED) is 0.625. The first-order valence-electron chi connectivity index (χ1n) is 2.58. The van der Waals surface area contributed by atoms with Crippen molar-refractivity contribution in [1.29, 1.82) is 0 Å². The van der Waals surface area contributed by atoms with E-state index in [0.29, 0.717) is 0 Å². The Balaban J connectivity index is 0.000000500. The van der Waals surface area contributed by atoms with E-state index in [2.05, 4.69) is 15.3 Å². The second-order valence-corrected chi connectivity index (χ2v) is 1.66. The molecule has 4 nitrogen and oxygen atoms in total. The molecule has 0 aromatic carbocycles. The highest BCUT2D eigenvalue weighted by Crippen LogP contribution is 1.90. The van der Waals surface area contributed by atoms with Gasteiger partial charge in [-0.2, -0.15) is 0 Å². The lowest BCUT2D eigenvalue weighted by molar-refractivity contribution is 0.847. The Hall–Kier alpha value is -0.870. The first-order chi connectivity index (χ1) is 4.47. The van der Waals surface area contributed by atoms with Gasteiger partial charge in [-0.1, -0.05) is 5.21 Å². The van der Waals surface area contributed by atoms with Gasteiger partial charge >= 0.3 is 0 Å². The molecule has 0 fully saturated rings. The molecule has 0 N–H and O–H groups in total. The predicted octanol–water partition coefficient (Wildman–Crippen LogP) is 0.968. The molecule has 0 radical (unpaired) electrons. The van der Waals surface area contributed by atoms with E-state index in [0.717, 1.165) is 5.65 Å². The number of fused-ring (bicyclic) bond motifs is 1. The van der Waals surface area contributed by atoms with Crippen LogP contribution in [0, 0.1) is 0 Å². The van der Waals surface area contributed by atoms with Crippen molar-refractivity contribution < 1.29 is 0 Å². The molecule has 0 unspecified atom stereocenters. The van der Waals surface area contributed by atoms with Crippen molar-refractivity contribution in [3.63, 3.8) is 0 Å². The van der Waals surface area contributed by atoms with Gasteiger partial charge in [-0.15, -0.1) is 29.9 Å². The summed E-state index contributed by atoms with van der Waals surface area (Å²) in [7, 11) is 0. The molecule has 0 aliphatic heterocycles. The van der Waals surface area contributed by atoms with E-state index in [-0.39, 0.29) is 24.8 Å². The number of rotatable bonds is 0. The van der Waals surface area contributed by atoms with Gasteiger partial charge in [0.25, 0.3) is 0 Å². The van der Waals surface area contributed by atoms with E-state index in [1.807, 2.05) is 6.07 Å². The van der Waals surface area contributed by atoms with Gasteiger partial charge < -0.3 is 0 Å². The first kappa shape index (κ1) is 10.1. The molecular formula is C5H6Cl2N4. The molecule has 0 bridgehead atoms. The van der Waals surface area contributed by atoms with E-state index >= 15 is 0 Å². The molecule has 0 saturated carbocycles. The molecule has 2 rings (SSSR count). The molecule has 0 aliphatic rings. The molecule has 0 amide bonds. The smallest absolute Gasteiger partial charge is 0.175 e. The van der Waals surface area contributed by atoms with Crippen molar-refractivity contribution in [2.45, 2.75) is 0 Å². The van der Waals surface area contributed by atoms with Crippen molar-refractivity contribution in [2.24, 2.45) is 0 Å². The summed E-state index contributed by atoms with van der Waals surface area (Å²) >= 11 is 0. The standard InChI is InChI=1S/C5H4N4.2ClH/c1-2-6-5-4-7-8-9(5)3-1;;/h1-4H;2*1H. The third-order valence-electron chi connectivity index (χ3n) is 1.08. The van der Waals surface area contributed by atoms with Crippen LogP contribution in [0.3, 0.4) is 0 Å². The van der Waals surface area contributed by atoms with Crippen LogP contribution in [-0.2, 0) is 0 Å². The predicted molar refractivity (Wildman–Crippen MR) is 45.3 cm³/mol. The molecule has 2 aromatic rings. The summed E-state index contributed by atoms with van der Waals surface area (Å²) in [4.78, 5) is 3.98. The average Bonchev–Trinajstić information content (AvgIpc) is 2.33. The highest BCUT2D eigenvalue weighted by molar-refractivity contribution is 5.85. The molecular weight excluding hydrogens is 187 g/mol. The lowest BCUT2D eigenvalue weighted by Gasteiger charge is -1.83. The van der Waals surface area contributed by atoms with E-state index in [9.17, 15) is 0 Å². The van der Waals surface area contributed by atoms with Crippen LogP contribution in [0.25, 0.3) is 5.65 Å². The van der Waals surface area contributed by atoms with Gasteiger partial charge in [0.15, 0.2) is 5.65 Å². The Morgan fingerprint density at radius 3 is 2.82 bits per heavy atom. The van der Waals surface area contributed by atoms with Gasteiger partial charge in [0.1, 0.15) is 0 Å². The maximum absolute atomic E-state index is 3.98. The van der Waals surface area contributed by atoms with E-state index in [4.69, 9.17) is 0 Å². The summed E-state index contributed by atoms with van der Waals surface area (Å²) in [6.45, 7) is 0. The fourth-order valence-corrected chi connectivity index (χ4v) is 0.676. The van der Waals surface area contributed by atoms with Crippen molar-refractivity contribution >= 4 is 30.5 Å². The molecule has 0 aliphatic carbocycles. The summed E-state index contributed by atoms with van der Waals surface area (Å²) < 4.78 is 1.61. The SMILES string of the molecule is Cl.Cl.c1cnc2cnnn2c1. The van der Waals surface area contributed by atoms with Crippen molar-refractivity contribution in [1.82, 2.24) is 19.8 Å². The van der Waals surface area contributed by atoms with E-state index in [1.165, 1.54) is 0 Å². The lowest BCUT2D eigenvalue weighted by Crippen LogP contribution is -1.86. The largest absolute Gasteiger partial charge is 0.236 e. The third-order valence-corrected chi connectivity index (χ3v) is 1.08. The van der Waals surface area contributed by atoms with Gasteiger partial charge in [-0.05, 0) is 6.07 Å². The molecule has 0 atom stereocenters. The zero-order valence-corrected chi connectivity index (χ0v) is 7.05. The van der Waals surface area contributed by atoms with Gasteiger partial charge in [0.2, 0.25) is 0 Å². The number of nitrogens with zero attached hydrogens (tertiary/aromatic N) is 4. The second kappa shape index (κ2) is 4.10. The fourth-order valence-electron chi connectivity index (χ4n) is 0.676. The van der Waals surface area contributed by atoms with Crippen LogP contribution >= 0.6 is 24.8 Å². The molecule has 0 saturated heterocycles. The Morgan fingerprint density at radius 2 is 2.09 bits per heavy atom. The normalized spacial score (nSPS) is 8.36. The highest BCUT2D eigenvalue weighted by atomic mass is 35.5. The molecule has 2 heterocycles. The highest BCUT2D eigenvalue weighted by Gasteiger charge is 1.88. The van der Waals surface area contributed by atoms with Crippen LogP contribution < -0.4 is 0 Å². The van der Waals surface area contributed by atoms with Gasteiger partial charge in [-0.3, -0.25) is 0 Å². The lowest BCUT2D eigenvalue weighted by atomic mass is 10.6. The summed E-state index contributed by atoms with van der Waals surface area (Å²) in [6, 6.07) is 1.81. The number of halogens is 2. The number of hydrogen-bond acceptors (Lipinski definition) is 3. The summed E-state index contributed by atoms with van der Waals surface area (Å²) in [5.41, 5.74) is 0.775. The summed E-state index contributed by atoms with van der Waals surface area (Å²) in [5, 5.41) is 7.37. The van der Waals surface area contributed by atoms with Crippen LogP contribution in [-0.4, -0.2) is 19.8 Å². The maximum atomic E-state index is 3.98. The van der Waals surface area contributed by atoms with Crippen LogP contribution in [0.2, 0.25) is 0 Å². The molecule has 11 heavy (non-hydrogen) atoms. The van der Waals surface area contributed by atoms with Gasteiger partial charge in [0, 0.05) is 12.4 Å². The molecule has 0 spiro atoms. The Morgan fingerprint density at radius 1 is 1.27 bits per heavy atom. The van der Waals surface area contributed by atoms with E-state index in [1.54, 1.807) is 23.1 Å². The number of hydrogen-bond donors (Lipinski definition) is 0. The first-order valence-corrected chi connectivity index (χ1v) is 2.58. The minimum Gasteiger partial charge on any atom is -0.236 e. The third kappa shape index (κ3) is 1.78. The summed E-state index contributed by atoms with van der Waals surface area (Å²) in [6.07, 6.45) is 5.12. The second-order valence-electron chi connectivity index (χ2n) is 1.66. The minimum atomic E-state index is 0. The fraction of sp³-hybridized carbons (Fsp3) is 0. The maximum Gasteiger partial charge on any atom is 0.175 e. The Bertz CT molecular complexity index is 290. The molecule has 2 aromatic heterocycles. The van der Waals surface area contributed by atoms with Crippen LogP contribution in [0.15, 0.2) is 24.7 Å². The van der Waals surface area contributed by atoms with Crippen molar-refractivity contribution in [3.05, 3.63) is 24.7 Å². The minimum absolute atomic E-state index is 0. The van der Waals surface area contributed by atoms with Crippen molar-refractivity contribution in [3.8, 4) is 0 Å². The Labute approximate surface area is 75.5 Å².